The van der Waals surface area contributed by atoms with E-state index >= 15 is 0 Å². The molecule has 9 heteroatoms. The largest absolute Gasteiger partial charge is 0.507 e. The number of aryl methyl sites for hydroxylation is 1. The van der Waals surface area contributed by atoms with Crippen LogP contribution in [0.1, 0.15) is 25.0 Å². The Morgan fingerprint density at radius 3 is 2.43 bits per heavy atom. The van der Waals surface area contributed by atoms with Crippen molar-refractivity contribution in [1.82, 2.24) is 10.1 Å². The molecular weight excluding hydrogens is 446 g/mol. The number of benzene rings is 2. The van der Waals surface area contributed by atoms with Crippen molar-refractivity contribution in [1.29, 1.82) is 0 Å². The third kappa shape index (κ3) is 5.88. The van der Waals surface area contributed by atoms with Gasteiger partial charge in [0.1, 0.15) is 11.8 Å². The van der Waals surface area contributed by atoms with E-state index in [1.807, 2.05) is 6.92 Å². The van der Waals surface area contributed by atoms with E-state index in [0.717, 1.165) is 10.0 Å². The fourth-order valence-corrected chi connectivity index (χ4v) is 4.03. The van der Waals surface area contributed by atoms with Crippen LogP contribution in [0.25, 0.3) is 0 Å². The quantitative estimate of drug-likeness (QED) is 0.429. The molecule has 0 spiro atoms. The maximum atomic E-state index is 12.6. The zero-order chi connectivity index (χ0) is 20.9. The fourth-order valence-electron chi connectivity index (χ4n) is 2.31. The highest BCUT2D eigenvalue weighted by molar-refractivity contribution is 9.10. The summed E-state index contributed by atoms with van der Waals surface area (Å²) < 4.78 is 28.3. The Hall–Kier alpha value is -2.23. The first-order valence-electron chi connectivity index (χ1n) is 8.50. The van der Waals surface area contributed by atoms with Crippen LogP contribution in [0.3, 0.4) is 0 Å². The van der Waals surface area contributed by atoms with Crippen molar-refractivity contribution in [3.05, 3.63) is 58.1 Å². The number of carbonyl (C=O) groups excluding carboxylic acids is 1. The molecule has 1 atom stereocenters. The van der Waals surface area contributed by atoms with E-state index in [1.54, 1.807) is 38.1 Å². The van der Waals surface area contributed by atoms with Crippen molar-refractivity contribution in [3.63, 3.8) is 0 Å². The number of carbonyl (C=O) groups is 1. The molecule has 2 aromatic carbocycles. The van der Waals surface area contributed by atoms with Crippen LogP contribution in [0.5, 0.6) is 5.75 Å². The summed E-state index contributed by atoms with van der Waals surface area (Å²) in [4.78, 5) is 12.5. The summed E-state index contributed by atoms with van der Waals surface area (Å²) in [6.07, 6.45) is 1.28. The number of amides is 1. The van der Waals surface area contributed by atoms with Crippen LogP contribution >= 0.6 is 15.9 Å². The zero-order valence-electron chi connectivity index (χ0n) is 15.7. The van der Waals surface area contributed by atoms with Gasteiger partial charge in [-0.3, -0.25) is 4.79 Å². The summed E-state index contributed by atoms with van der Waals surface area (Å²) in [5, 5.41) is 13.6. The second-order valence-electron chi connectivity index (χ2n) is 6.59. The van der Waals surface area contributed by atoms with Gasteiger partial charge in [-0.2, -0.15) is 9.82 Å². The minimum atomic E-state index is -3.86. The first kappa shape index (κ1) is 22.1. The lowest BCUT2D eigenvalue weighted by atomic mass is 10.1. The van der Waals surface area contributed by atoms with Crippen LogP contribution in [0.2, 0.25) is 0 Å². The Balaban J connectivity index is 2.12. The van der Waals surface area contributed by atoms with Gasteiger partial charge in [0.25, 0.3) is 5.91 Å². The highest BCUT2D eigenvalue weighted by Crippen LogP contribution is 2.20. The lowest BCUT2D eigenvalue weighted by Crippen LogP contribution is -2.48. The van der Waals surface area contributed by atoms with E-state index in [4.69, 9.17) is 0 Å². The Kier molecular flexibility index (Phi) is 7.34. The number of hydrogen-bond donors (Lipinski definition) is 3. The van der Waals surface area contributed by atoms with Crippen molar-refractivity contribution in [3.8, 4) is 5.75 Å². The Labute approximate surface area is 173 Å². The summed E-state index contributed by atoms with van der Waals surface area (Å²) in [5.74, 6) is -0.909. The van der Waals surface area contributed by atoms with E-state index in [9.17, 15) is 18.3 Å². The Morgan fingerprint density at radius 2 is 1.82 bits per heavy atom. The molecule has 0 aliphatic rings. The second kappa shape index (κ2) is 9.31. The van der Waals surface area contributed by atoms with Crippen molar-refractivity contribution >= 4 is 38.1 Å². The number of halogens is 1. The molecule has 2 aromatic rings. The first-order valence-corrected chi connectivity index (χ1v) is 10.8. The molecule has 0 bridgehead atoms. The number of hydrogen-bond acceptors (Lipinski definition) is 5. The molecule has 1 amide bonds. The molecule has 28 heavy (non-hydrogen) atoms. The zero-order valence-corrected chi connectivity index (χ0v) is 18.1. The van der Waals surface area contributed by atoms with E-state index in [0.29, 0.717) is 5.56 Å². The van der Waals surface area contributed by atoms with Gasteiger partial charge >= 0.3 is 0 Å². The normalized spacial score (nSPS) is 13.0. The van der Waals surface area contributed by atoms with Crippen LogP contribution in [-0.4, -0.2) is 31.7 Å². The lowest BCUT2D eigenvalue weighted by molar-refractivity contribution is -0.123. The highest BCUT2D eigenvalue weighted by atomic mass is 79.9. The molecule has 0 unspecified atom stereocenters. The minimum absolute atomic E-state index is 0.00156. The van der Waals surface area contributed by atoms with Gasteiger partial charge in [0, 0.05) is 10.0 Å². The standard InChI is InChI=1S/C19H22BrN3O4S/c1-12(2)18(23-28(26,27)16-7-4-13(3)5-8-16)19(25)22-21-11-14-10-15(20)6-9-17(14)24/h4-12,18,23-24H,1-3H3,(H,22,25)/b21-11-/t18-/m0/s1. The molecule has 0 saturated heterocycles. The number of hydrazone groups is 1. The summed E-state index contributed by atoms with van der Waals surface area (Å²) in [6.45, 7) is 5.31. The number of nitrogens with one attached hydrogen (secondary N) is 2. The van der Waals surface area contributed by atoms with Crippen LogP contribution in [0, 0.1) is 12.8 Å². The minimum Gasteiger partial charge on any atom is -0.507 e. The average Bonchev–Trinajstić information content (AvgIpc) is 2.62. The maximum Gasteiger partial charge on any atom is 0.258 e. The molecular formula is C19H22BrN3O4S. The van der Waals surface area contributed by atoms with Crippen LogP contribution in [0.15, 0.2) is 56.9 Å². The number of rotatable bonds is 7. The molecule has 0 aliphatic carbocycles. The monoisotopic (exact) mass is 467 g/mol. The Morgan fingerprint density at radius 1 is 1.18 bits per heavy atom. The predicted octanol–water partition coefficient (Wildman–Crippen LogP) is 2.92. The molecule has 0 aromatic heterocycles. The molecule has 0 saturated carbocycles. The molecule has 0 heterocycles. The van der Waals surface area contributed by atoms with E-state index in [2.05, 4.69) is 31.2 Å². The average molecular weight is 468 g/mol. The lowest BCUT2D eigenvalue weighted by Gasteiger charge is -2.20. The van der Waals surface area contributed by atoms with Gasteiger partial charge in [-0.1, -0.05) is 47.5 Å². The molecule has 0 radical (unpaired) electrons. The van der Waals surface area contributed by atoms with Crippen molar-refractivity contribution in [2.75, 3.05) is 0 Å². The third-order valence-corrected chi connectivity index (χ3v) is 5.88. The van der Waals surface area contributed by atoms with Gasteiger partial charge < -0.3 is 5.11 Å². The van der Waals surface area contributed by atoms with E-state index < -0.39 is 22.0 Å². The molecule has 3 N–H and O–H groups in total. The first-order chi connectivity index (χ1) is 13.1. The van der Waals surface area contributed by atoms with Crippen LogP contribution in [0.4, 0.5) is 0 Å². The summed E-state index contributed by atoms with van der Waals surface area (Å²) in [6, 6.07) is 10.1. The number of nitrogens with zero attached hydrogens (tertiary/aromatic N) is 1. The van der Waals surface area contributed by atoms with Gasteiger partial charge in [-0.05, 0) is 43.2 Å². The smallest absolute Gasteiger partial charge is 0.258 e. The number of aromatic hydroxyl groups is 1. The number of sulfonamides is 1. The fraction of sp³-hybridized carbons (Fsp3) is 0.263. The van der Waals surface area contributed by atoms with Crippen LogP contribution in [-0.2, 0) is 14.8 Å². The van der Waals surface area contributed by atoms with Gasteiger partial charge in [-0.25, -0.2) is 13.8 Å². The van der Waals surface area contributed by atoms with E-state index in [1.165, 1.54) is 24.4 Å². The number of phenolic OH excluding ortho intramolecular Hbond substituents is 1. The summed E-state index contributed by atoms with van der Waals surface area (Å²) in [5.41, 5.74) is 3.65. The molecule has 150 valence electrons. The van der Waals surface area contributed by atoms with Gasteiger partial charge in [-0.15, -0.1) is 0 Å². The van der Waals surface area contributed by atoms with Crippen molar-refractivity contribution in [2.24, 2.45) is 11.0 Å². The third-order valence-electron chi connectivity index (χ3n) is 3.93. The van der Waals surface area contributed by atoms with Crippen LogP contribution < -0.4 is 10.1 Å². The van der Waals surface area contributed by atoms with Gasteiger partial charge in [0.2, 0.25) is 10.0 Å². The Bertz CT molecular complexity index is 973. The van der Waals surface area contributed by atoms with Crippen molar-refractivity contribution in [2.45, 2.75) is 31.7 Å². The maximum absolute atomic E-state index is 12.6. The molecule has 2 rings (SSSR count). The van der Waals surface area contributed by atoms with Crippen molar-refractivity contribution < 1.29 is 18.3 Å². The predicted molar refractivity (Wildman–Crippen MR) is 112 cm³/mol. The summed E-state index contributed by atoms with van der Waals surface area (Å²) in [7, 11) is -3.86. The van der Waals surface area contributed by atoms with E-state index in [-0.39, 0.29) is 16.6 Å². The van der Waals surface area contributed by atoms with Gasteiger partial charge in [0.05, 0.1) is 11.1 Å². The highest BCUT2D eigenvalue weighted by Gasteiger charge is 2.28. The molecule has 0 aliphatic heterocycles. The second-order valence-corrected chi connectivity index (χ2v) is 9.22. The van der Waals surface area contributed by atoms with Gasteiger partial charge in [0.15, 0.2) is 0 Å². The topological polar surface area (TPSA) is 108 Å². The SMILES string of the molecule is Cc1ccc(S(=O)(=O)N[C@H](C(=O)N/N=C\c2cc(Br)ccc2O)C(C)C)cc1. The molecule has 0 fully saturated rings. The summed E-state index contributed by atoms with van der Waals surface area (Å²) >= 11 is 3.28. The molecule has 7 nitrogen and oxygen atoms in total. The number of phenols is 1.